The van der Waals surface area contributed by atoms with E-state index >= 15 is 0 Å². The van der Waals surface area contributed by atoms with Gasteiger partial charge in [-0.25, -0.2) is 0 Å². The van der Waals surface area contributed by atoms with Crippen LogP contribution in [0.5, 0.6) is 0 Å². The molecule has 0 unspecified atom stereocenters. The van der Waals surface area contributed by atoms with Gasteiger partial charge in [0.05, 0.1) is 0 Å². The highest BCUT2D eigenvalue weighted by molar-refractivity contribution is 5.67. The maximum atomic E-state index is 11.1. The van der Waals surface area contributed by atoms with Crippen molar-refractivity contribution in [2.75, 3.05) is 6.61 Å². The molecule has 20 heavy (non-hydrogen) atoms. The molecule has 1 saturated heterocycles. The number of hydrogen-bond acceptors (Lipinski definition) is 8. The van der Waals surface area contributed by atoms with E-state index in [-0.39, 0.29) is 13.0 Å². The number of aliphatic hydroxyl groups is 1. The summed E-state index contributed by atoms with van der Waals surface area (Å²) in [6.45, 7) is 3.37. The molecule has 0 aromatic rings. The van der Waals surface area contributed by atoms with Crippen LogP contribution in [0.25, 0.3) is 0 Å². The first-order valence-electron chi connectivity index (χ1n) is 6.11. The number of esters is 3. The van der Waals surface area contributed by atoms with E-state index in [1.54, 1.807) is 0 Å². The number of carbonyl (C=O) groups excluding carboxylic acids is 3. The van der Waals surface area contributed by atoms with Gasteiger partial charge in [-0.2, -0.15) is 0 Å². The Hall–Kier alpha value is -1.67. The van der Waals surface area contributed by atoms with Crippen molar-refractivity contribution in [1.82, 2.24) is 0 Å². The fourth-order valence-corrected chi connectivity index (χ4v) is 1.92. The van der Waals surface area contributed by atoms with Crippen LogP contribution in [0.1, 0.15) is 27.2 Å². The van der Waals surface area contributed by atoms with Crippen LogP contribution in [0.15, 0.2) is 0 Å². The smallest absolute Gasteiger partial charge is 0.303 e. The summed E-state index contributed by atoms with van der Waals surface area (Å²) in [5.41, 5.74) is 0. The molecule has 8 nitrogen and oxygen atoms in total. The van der Waals surface area contributed by atoms with Crippen molar-refractivity contribution < 1.29 is 38.4 Å². The fourth-order valence-electron chi connectivity index (χ4n) is 1.92. The number of hydrogen-bond donors (Lipinski definition) is 1. The summed E-state index contributed by atoms with van der Waals surface area (Å²) < 4.78 is 20.0. The summed E-state index contributed by atoms with van der Waals surface area (Å²) in [6, 6.07) is 0. The first-order valence-corrected chi connectivity index (χ1v) is 6.11. The van der Waals surface area contributed by atoms with E-state index in [2.05, 4.69) is 0 Å². The van der Waals surface area contributed by atoms with Crippen LogP contribution in [0.2, 0.25) is 0 Å². The molecule has 1 aliphatic rings. The Kier molecular flexibility index (Phi) is 5.90. The molecule has 1 N–H and O–H groups in total. The van der Waals surface area contributed by atoms with Gasteiger partial charge in [-0.3, -0.25) is 14.4 Å². The van der Waals surface area contributed by atoms with Crippen LogP contribution in [0, 0.1) is 0 Å². The van der Waals surface area contributed by atoms with Crippen LogP contribution in [-0.2, 0) is 33.3 Å². The lowest BCUT2D eigenvalue weighted by molar-refractivity contribution is -0.182. The maximum Gasteiger partial charge on any atom is 0.303 e. The highest BCUT2D eigenvalue weighted by Crippen LogP contribution is 2.26. The van der Waals surface area contributed by atoms with Crippen molar-refractivity contribution in [1.29, 1.82) is 0 Å². The molecule has 1 aliphatic heterocycles. The molecule has 0 aromatic carbocycles. The minimum absolute atomic E-state index is 0.0576. The average Bonchev–Trinajstić information content (AvgIpc) is 2.63. The summed E-state index contributed by atoms with van der Waals surface area (Å²) in [6.07, 6.45) is -3.71. The summed E-state index contributed by atoms with van der Waals surface area (Å²) in [5, 5.41) is 9.48. The molecule has 0 radical (unpaired) electrons. The summed E-state index contributed by atoms with van der Waals surface area (Å²) in [7, 11) is 0. The van der Waals surface area contributed by atoms with Crippen LogP contribution < -0.4 is 0 Å². The zero-order valence-electron chi connectivity index (χ0n) is 11.5. The lowest BCUT2D eigenvalue weighted by Gasteiger charge is -2.26. The SMILES string of the molecule is CC(=O)OC[C@H](OC(C)=O)[C@@H]1O[C@H](O)C[C@H]1OC(C)=O. The summed E-state index contributed by atoms with van der Waals surface area (Å²) in [5.74, 6) is -1.70. The van der Waals surface area contributed by atoms with Gasteiger partial charge in [0, 0.05) is 27.2 Å². The topological polar surface area (TPSA) is 108 Å². The van der Waals surface area contributed by atoms with Gasteiger partial charge >= 0.3 is 17.9 Å². The Morgan fingerprint density at radius 3 is 2.35 bits per heavy atom. The standard InChI is InChI=1S/C12H18O8/c1-6(13)17-5-10(19-8(3)15)12-9(18-7(2)14)4-11(16)20-12/h9-12,16H,4-5H2,1-3H3/t9-,10+,11+,12-/m1/s1. The molecule has 1 rings (SSSR count). The van der Waals surface area contributed by atoms with E-state index < -0.39 is 42.5 Å². The van der Waals surface area contributed by atoms with Crippen LogP contribution in [0.3, 0.4) is 0 Å². The predicted octanol–water partition coefficient (Wildman–Crippen LogP) is -0.480. The largest absolute Gasteiger partial charge is 0.462 e. The van der Waals surface area contributed by atoms with Crippen molar-refractivity contribution in [3.8, 4) is 0 Å². The summed E-state index contributed by atoms with van der Waals surface area (Å²) in [4.78, 5) is 32.9. The second kappa shape index (κ2) is 7.20. The predicted molar refractivity (Wildman–Crippen MR) is 63.2 cm³/mol. The van der Waals surface area contributed by atoms with Crippen LogP contribution in [-0.4, -0.2) is 54.2 Å². The second-order valence-corrected chi connectivity index (χ2v) is 4.39. The zero-order valence-corrected chi connectivity index (χ0v) is 11.5. The second-order valence-electron chi connectivity index (χ2n) is 4.39. The van der Waals surface area contributed by atoms with E-state index in [9.17, 15) is 19.5 Å². The fraction of sp³-hybridized carbons (Fsp3) is 0.750. The normalized spacial score (nSPS) is 26.7. The first kappa shape index (κ1) is 16.4. The van der Waals surface area contributed by atoms with Crippen LogP contribution in [0.4, 0.5) is 0 Å². The molecule has 0 aliphatic carbocycles. The van der Waals surface area contributed by atoms with E-state index in [1.165, 1.54) is 20.8 Å². The zero-order chi connectivity index (χ0) is 15.3. The van der Waals surface area contributed by atoms with E-state index in [0.29, 0.717) is 0 Å². The van der Waals surface area contributed by atoms with Crippen LogP contribution >= 0.6 is 0 Å². The molecule has 8 heteroatoms. The van der Waals surface area contributed by atoms with Crippen molar-refractivity contribution in [3.05, 3.63) is 0 Å². The Balaban J connectivity index is 2.76. The van der Waals surface area contributed by atoms with E-state index in [4.69, 9.17) is 18.9 Å². The molecule has 0 aromatic heterocycles. The van der Waals surface area contributed by atoms with Crippen molar-refractivity contribution in [3.63, 3.8) is 0 Å². The monoisotopic (exact) mass is 290 g/mol. The third kappa shape index (κ3) is 5.14. The number of carbonyl (C=O) groups is 3. The molecular formula is C12H18O8. The average molecular weight is 290 g/mol. The molecule has 0 amide bonds. The molecule has 0 bridgehead atoms. The molecular weight excluding hydrogens is 272 g/mol. The molecule has 4 atom stereocenters. The molecule has 114 valence electrons. The van der Waals surface area contributed by atoms with Gasteiger partial charge in [0.1, 0.15) is 18.8 Å². The quantitative estimate of drug-likeness (QED) is 0.534. The third-order valence-electron chi connectivity index (χ3n) is 2.57. The summed E-state index contributed by atoms with van der Waals surface area (Å²) >= 11 is 0. The number of ether oxygens (including phenoxy) is 4. The third-order valence-corrected chi connectivity index (χ3v) is 2.57. The maximum absolute atomic E-state index is 11.1. The number of aliphatic hydroxyl groups excluding tert-OH is 1. The highest BCUT2D eigenvalue weighted by Gasteiger charge is 2.43. The van der Waals surface area contributed by atoms with Crippen molar-refractivity contribution in [2.45, 2.75) is 51.8 Å². The van der Waals surface area contributed by atoms with Gasteiger partial charge in [-0.15, -0.1) is 0 Å². The molecule has 1 heterocycles. The van der Waals surface area contributed by atoms with Crippen molar-refractivity contribution in [2.24, 2.45) is 0 Å². The first-order chi connectivity index (χ1) is 9.29. The van der Waals surface area contributed by atoms with E-state index in [0.717, 1.165) is 0 Å². The Morgan fingerprint density at radius 2 is 1.85 bits per heavy atom. The lowest BCUT2D eigenvalue weighted by atomic mass is 10.1. The Bertz CT molecular complexity index is 380. The van der Waals surface area contributed by atoms with Gasteiger partial charge in [0.2, 0.25) is 0 Å². The molecule has 0 saturated carbocycles. The van der Waals surface area contributed by atoms with Gasteiger partial charge < -0.3 is 24.1 Å². The van der Waals surface area contributed by atoms with Crippen molar-refractivity contribution >= 4 is 17.9 Å². The lowest BCUT2D eigenvalue weighted by Crippen LogP contribution is -2.42. The van der Waals surface area contributed by atoms with Gasteiger partial charge in [0.15, 0.2) is 12.4 Å². The van der Waals surface area contributed by atoms with Gasteiger partial charge in [-0.05, 0) is 0 Å². The molecule has 0 spiro atoms. The van der Waals surface area contributed by atoms with E-state index in [1.807, 2.05) is 0 Å². The number of rotatable bonds is 5. The Labute approximate surface area is 115 Å². The van der Waals surface area contributed by atoms with Gasteiger partial charge in [-0.1, -0.05) is 0 Å². The minimum atomic E-state index is -1.14. The molecule has 1 fully saturated rings. The highest BCUT2D eigenvalue weighted by atomic mass is 16.7. The minimum Gasteiger partial charge on any atom is -0.462 e. The Morgan fingerprint density at radius 1 is 1.20 bits per heavy atom. The van der Waals surface area contributed by atoms with Gasteiger partial charge in [0.25, 0.3) is 0 Å².